The summed E-state index contributed by atoms with van der Waals surface area (Å²) in [4.78, 5) is 10.4. The van der Waals surface area contributed by atoms with E-state index in [-0.39, 0.29) is 6.10 Å². The van der Waals surface area contributed by atoms with Gasteiger partial charge in [0.25, 0.3) is 0 Å². The van der Waals surface area contributed by atoms with Crippen molar-refractivity contribution in [3.63, 3.8) is 0 Å². The van der Waals surface area contributed by atoms with Crippen molar-refractivity contribution in [2.75, 3.05) is 6.61 Å². The van der Waals surface area contributed by atoms with Gasteiger partial charge in [-0.15, -0.1) is 0 Å². The number of rotatable bonds is 5. The SMILES string of the molecule is CC/C=C\C[C@H]1COO[C@H](C)C1/C=C/CC. The maximum absolute atomic E-state index is 5.25. The maximum atomic E-state index is 5.25. The Morgan fingerprint density at radius 1 is 1.12 bits per heavy atom. The summed E-state index contributed by atoms with van der Waals surface area (Å²) in [7, 11) is 0. The van der Waals surface area contributed by atoms with Gasteiger partial charge >= 0.3 is 0 Å². The van der Waals surface area contributed by atoms with E-state index < -0.39 is 0 Å². The first-order valence-electron chi connectivity index (χ1n) is 6.39. The molecule has 0 N–H and O–H groups in total. The van der Waals surface area contributed by atoms with Gasteiger partial charge in [0.05, 0.1) is 12.7 Å². The summed E-state index contributed by atoms with van der Waals surface area (Å²) in [6.07, 6.45) is 12.4. The molecule has 3 atom stereocenters. The molecule has 0 bridgehead atoms. The van der Waals surface area contributed by atoms with E-state index in [0.717, 1.165) is 19.3 Å². The summed E-state index contributed by atoms with van der Waals surface area (Å²) in [6, 6.07) is 0. The van der Waals surface area contributed by atoms with E-state index in [0.29, 0.717) is 18.4 Å². The van der Waals surface area contributed by atoms with Gasteiger partial charge in [-0.05, 0) is 32.1 Å². The van der Waals surface area contributed by atoms with Crippen LogP contribution in [0.25, 0.3) is 0 Å². The highest BCUT2D eigenvalue weighted by Gasteiger charge is 2.29. The Kier molecular flexibility index (Phi) is 6.43. The molecule has 92 valence electrons. The third kappa shape index (κ3) is 4.11. The molecule has 16 heavy (non-hydrogen) atoms. The summed E-state index contributed by atoms with van der Waals surface area (Å²) < 4.78 is 0. The van der Waals surface area contributed by atoms with Crippen molar-refractivity contribution in [3.8, 4) is 0 Å². The summed E-state index contributed by atoms with van der Waals surface area (Å²) in [5.41, 5.74) is 0. The second kappa shape index (κ2) is 7.64. The molecule has 0 spiro atoms. The number of hydrogen-bond acceptors (Lipinski definition) is 2. The molecule has 0 radical (unpaired) electrons. The van der Waals surface area contributed by atoms with Gasteiger partial charge in [-0.25, -0.2) is 9.78 Å². The molecular weight excluding hydrogens is 200 g/mol. The van der Waals surface area contributed by atoms with Gasteiger partial charge in [-0.2, -0.15) is 0 Å². The van der Waals surface area contributed by atoms with Crippen molar-refractivity contribution in [2.45, 2.75) is 46.1 Å². The van der Waals surface area contributed by atoms with Gasteiger partial charge in [-0.3, -0.25) is 0 Å². The fourth-order valence-electron chi connectivity index (χ4n) is 2.06. The predicted octanol–water partition coefficient (Wildman–Crippen LogP) is 3.89. The zero-order valence-corrected chi connectivity index (χ0v) is 10.7. The van der Waals surface area contributed by atoms with Crippen LogP contribution in [0.2, 0.25) is 0 Å². The minimum absolute atomic E-state index is 0.163. The van der Waals surface area contributed by atoms with Crippen molar-refractivity contribution in [2.24, 2.45) is 11.8 Å². The van der Waals surface area contributed by atoms with Gasteiger partial charge in [0, 0.05) is 5.92 Å². The van der Waals surface area contributed by atoms with Gasteiger partial charge in [0.2, 0.25) is 0 Å². The highest BCUT2D eigenvalue weighted by Crippen LogP contribution is 2.28. The van der Waals surface area contributed by atoms with Crippen molar-refractivity contribution in [1.29, 1.82) is 0 Å². The molecule has 0 aliphatic carbocycles. The van der Waals surface area contributed by atoms with Crippen LogP contribution in [0.3, 0.4) is 0 Å². The molecular formula is C14H24O2. The summed E-state index contributed by atoms with van der Waals surface area (Å²) in [5.74, 6) is 1.03. The number of hydrogen-bond donors (Lipinski definition) is 0. The molecule has 2 nitrogen and oxygen atoms in total. The van der Waals surface area contributed by atoms with Gasteiger partial charge in [0.15, 0.2) is 0 Å². The molecule has 0 saturated carbocycles. The summed E-state index contributed by atoms with van der Waals surface area (Å²) >= 11 is 0. The molecule has 1 rings (SSSR count). The zero-order valence-electron chi connectivity index (χ0n) is 10.7. The summed E-state index contributed by atoms with van der Waals surface area (Å²) in [6.45, 7) is 7.11. The topological polar surface area (TPSA) is 18.5 Å². The first-order valence-corrected chi connectivity index (χ1v) is 6.39. The molecule has 1 fully saturated rings. The normalized spacial score (nSPS) is 31.6. The average molecular weight is 224 g/mol. The molecule has 1 saturated heterocycles. The van der Waals surface area contributed by atoms with E-state index in [9.17, 15) is 0 Å². The zero-order chi connectivity index (χ0) is 11.8. The van der Waals surface area contributed by atoms with Gasteiger partial charge in [-0.1, -0.05) is 38.2 Å². The molecule has 0 aromatic rings. The lowest BCUT2D eigenvalue weighted by Crippen LogP contribution is -2.35. The van der Waals surface area contributed by atoms with Crippen LogP contribution < -0.4 is 0 Å². The fraction of sp³-hybridized carbons (Fsp3) is 0.714. The van der Waals surface area contributed by atoms with E-state index in [1.165, 1.54) is 0 Å². The van der Waals surface area contributed by atoms with E-state index in [1.54, 1.807) is 0 Å². The summed E-state index contributed by atoms with van der Waals surface area (Å²) in [5, 5.41) is 0. The lowest BCUT2D eigenvalue weighted by molar-refractivity contribution is -0.362. The Bertz CT molecular complexity index is 233. The first kappa shape index (κ1) is 13.5. The Morgan fingerprint density at radius 2 is 1.88 bits per heavy atom. The monoisotopic (exact) mass is 224 g/mol. The molecule has 0 aromatic carbocycles. The van der Waals surface area contributed by atoms with Gasteiger partial charge < -0.3 is 0 Å². The van der Waals surface area contributed by atoms with Crippen molar-refractivity contribution in [1.82, 2.24) is 0 Å². The van der Waals surface area contributed by atoms with Crippen LogP contribution in [0.15, 0.2) is 24.3 Å². The first-order chi connectivity index (χ1) is 7.79. The molecule has 2 heteroatoms. The lowest BCUT2D eigenvalue weighted by atomic mass is 9.85. The third-order valence-corrected chi connectivity index (χ3v) is 3.02. The third-order valence-electron chi connectivity index (χ3n) is 3.02. The fourth-order valence-corrected chi connectivity index (χ4v) is 2.06. The van der Waals surface area contributed by atoms with Crippen LogP contribution in [0.1, 0.15) is 40.0 Å². The van der Waals surface area contributed by atoms with Crippen LogP contribution in [-0.4, -0.2) is 12.7 Å². The molecule has 1 aliphatic heterocycles. The van der Waals surface area contributed by atoms with Gasteiger partial charge in [0.1, 0.15) is 0 Å². The Labute approximate surface area is 99.3 Å². The highest BCUT2D eigenvalue weighted by atomic mass is 17.2. The second-order valence-corrected chi connectivity index (χ2v) is 4.38. The van der Waals surface area contributed by atoms with E-state index >= 15 is 0 Å². The largest absolute Gasteiger partial charge is 0.236 e. The smallest absolute Gasteiger partial charge is 0.0967 e. The Morgan fingerprint density at radius 3 is 2.56 bits per heavy atom. The molecule has 1 aliphatic rings. The maximum Gasteiger partial charge on any atom is 0.0967 e. The van der Waals surface area contributed by atoms with Crippen molar-refractivity contribution < 1.29 is 9.78 Å². The van der Waals surface area contributed by atoms with E-state index in [1.807, 2.05) is 0 Å². The van der Waals surface area contributed by atoms with Crippen LogP contribution in [0.4, 0.5) is 0 Å². The predicted molar refractivity (Wildman–Crippen MR) is 67.0 cm³/mol. The van der Waals surface area contributed by atoms with E-state index in [2.05, 4.69) is 45.1 Å². The van der Waals surface area contributed by atoms with Crippen molar-refractivity contribution in [3.05, 3.63) is 24.3 Å². The van der Waals surface area contributed by atoms with Crippen molar-refractivity contribution >= 4 is 0 Å². The van der Waals surface area contributed by atoms with Crippen LogP contribution in [-0.2, 0) is 9.78 Å². The lowest BCUT2D eigenvalue weighted by Gasteiger charge is -2.33. The quantitative estimate of drug-likeness (QED) is 0.521. The van der Waals surface area contributed by atoms with Crippen LogP contribution in [0, 0.1) is 11.8 Å². The molecule has 1 unspecified atom stereocenters. The minimum Gasteiger partial charge on any atom is -0.236 e. The van der Waals surface area contributed by atoms with E-state index in [4.69, 9.17) is 9.78 Å². The minimum atomic E-state index is 0.163. The number of allylic oxidation sites excluding steroid dienone is 3. The molecule has 0 aromatic heterocycles. The van der Waals surface area contributed by atoms with Crippen LogP contribution in [0.5, 0.6) is 0 Å². The molecule has 0 amide bonds. The standard InChI is InChI=1S/C14H24O2/c1-4-6-8-9-13-11-15-16-12(3)14(13)10-7-5-2/h6-8,10,12-14H,4-5,9,11H2,1-3H3/b8-6-,10-7+/t12-,13+,14?/m1/s1. The second-order valence-electron chi connectivity index (χ2n) is 4.38. The van der Waals surface area contributed by atoms with Crippen LogP contribution >= 0.6 is 0 Å². The molecule has 1 heterocycles. The Balaban J connectivity index is 2.55. The highest BCUT2D eigenvalue weighted by molar-refractivity contribution is 4.97. The average Bonchev–Trinajstić information content (AvgIpc) is 2.28. The Hall–Kier alpha value is -0.600.